The van der Waals surface area contributed by atoms with E-state index in [1.165, 1.54) is 32.5 Å². The van der Waals surface area contributed by atoms with E-state index in [-0.39, 0.29) is 24.8 Å². The Balaban J connectivity index is 0.000000605. The fraction of sp³-hybridized carbons (Fsp3) is 1.00. The van der Waals surface area contributed by atoms with Crippen molar-refractivity contribution in [1.82, 2.24) is 10.2 Å². The number of nitrogens with zero attached hydrogens (tertiary/aromatic N) is 1. The van der Waals surface area contributed by atoms with Gasteiger partial charge in [0.05, 0.1) is 0 Å². The fourth-order valence-corrected chi connectivity index (χ4v) is 1.83. The second-order valence-corrected chi connectivity index (χ2v) is 3.59. The van der Waals surface area contributed by atoms with Crippen LogP contribution in [0.1, 0.15) is 12.8 Å². The highest BCUT2D eigenvalue weighted by atomic mass is 35.5. The van der Waals surface area contributed by atoms with Gasteiger partial charge in [-0.1, -0.05) is 0 Å². The van der Waals surface area contributed by atoms with Gasteiger partial charge in [0, 0.05) is 25.7 Å². The molecule has 1 unspecified atom stereocenters. The molecule has 2 rings (SSSR count). The SMILES string of the molecule is CN1CCNCC1C1CC1.Cl.Cl. The molecule has 0 aromatic heterocycles. The standard InChI is InChI=1S/C8H16N2.2ClH/c1-10-5-4-9-6-8(10)7-2-3-7;;/h7-9H,2-6H2,1H3;2*1H. The van der Waals surface area contributed by atoms with E-state index >= 15 is 0 Å². The van der Waals surface area contributed by atoms with Crippen LogP contribution in [0.4, 0.5) is 0 Å². The molecule has 12 heavy (non-hydrogen) atoms. The Morgan fingerprint density at radius 3 is 2.42 bits per heavy atom. The maximum Gasteiger partial charge on any atom is 0.0246 e. The molecule has 1 atom stereocenters. The van der Waals surface area contributed by atoms with E-state index in [0.717, 1.165) is 12.0 Å². The van der Waals surface area contributed by atoms with E-state index in [1.807, 2.05) is 0 Å². The lowest BCUT2D eigenvalue weighted by molar-refractivity contribution is 0.180. The summed E-state index contributed by atoms with van der Waals surface area (Å²) >= 11 is 0. The Morgan fingerprint density at radius 2 is 1.92 bits per heavy atom. The molecule has 1 saturated carbocycles. The van der Waals surface area contributed by atoms with Crippen LogP contribution in [0.15, 0.2) is 0 Å². The number of rotatable bonds is 1. The first-order valence-electron chi connectivity index (χ1n) is 4.29. The lowest BCUT2D eigenvalue weighted by Crippen LogP contribution is -2.50. The van der Waals surface area contributed by atoms with Gasteiger partial charge >= 0.3 is 0 Å². The maximum absolute atomic E-state index is 3.44. The van der Waals surface area contributed by atoms with Gasteiger partial charge in [0.25, 0.3) is 0 Å². The first-order chi connectivity index (χ1) is 4.88. The van der Waals surface area contributed by atoms with Crippen molar-refractivity contribution in [2.45, 2.75) is 18.9 Å². The van der Waals surface area contributed by atoms with Crippen molar-refractivity contribution in [2.24, 2.45) is 5.92 Å². The lowest BCUT2D eigenvalue weighted by Gasteiger charge is -2.33. The van der Waals surface area contributed by atoms with Gasteiger partial charge < -0.3 is 10.2 Å². The summed E-state index contributed by atoms with van der Waals surface area (Å²) in [5.41, 5.74) is 0. The zero-order valence-corrected chi connectivity index (χ0v) is 9.09. The van der Waals surface area contributed by atoms with Gasteiger partial charge in [0.15, 0.2) is 0 Å². The van der Waals surface area contributed by atoms with Crippen LogP contribution in [-0.2, 0) is 0 Å². The first-order valence-corrected chi connectivity index (χ1v) is 4.29. The molecule has 2 nitrogen and oxygen atoms in total. The predicted molar refractivity (Wildman–Crippen MR) is 56.5 cm³/mol. The van der Waals surface area contributed by atoms with Gasteiger partial charge in [-0.3, -0.25) is 0 Å². The summed E-state index contributed by atoms with van der Waals surface area (Å²) in [6.07, 6.45) is 2.94. The molecular formula is C8H18Cl2N2. The first kappa shape index (κ1) is 12.5. The number of likely N-dealkylation sites (N-methyl/N-ethyl adjacent to an activating group) is 1. The van der Waals surface area contributed by atoms with Crippen LogP contribution in [0.25, 0.3) is 0 Å². The zero-order chi connectivity index (χ0) is 6.97. The normalized spacial score (nSPS) is 30.2. The average molecular weight is 213 g/mol. The van der Waals surface area contributed by atoms with Crippen LogP contribution >= 0.6 is 24.8 Å². The Labute approximate surface area is 86.9 Å². The average Bonchev–Trinajstić information content (AvgIpc) is 2.71. The molecule has 1 heterocycles. The van der Waals surface area contributed by atoms with Gasteiger partial charge in [-0.05, 0) is 25.8 Å². The van der Waals surface area contributed by atoms with E-state index < -0.39 is 0 Å². The molecule has 0 spiro atoms. The van der Waals surface area contributed by atoms with Crippen molar-refractivity contribution in [2.75, 3.05) is 26.7 Å². The van der Waals surface area contributed by atoms with Crippen molar-refractivity contribution >= 4 is 24.8 Å². The summed E-state index contributed by atoms with van der Waals surface area (Å²) in [7, 11) is 2.25. The topological polar surface area (TPSA) is 15.3 Å². The molecule has 2 aliphatic rings. The van der Waals surface area contributed by atoms with Crippen LogP contribution in [0.3, 0.4) is 0 Å². The van der Waals surface area contributed by atoms with E-state index in [0.29, 0.717) is 0 Å². The second kappa shape index (κ2) is 5.28. The Kier molecular flexibility index (Phi) is 5.50. The molecule has 0 aromatic carbocycles. The highest BCUT2D eigenvalue weighted by molar-refractivity contribution is 5.85. The maximum atomic E-state index is 3.44. The smallest absolute Gasteiger partial charge is 0.0246 e. The molecule has 2 fully saturated rings. The minimum Gasteiger partial charge on any atom is -0.314 e. The summed E-state index contributed by atoms with van der Waals surface area (Å²) in [5, 5.41) is 3.44. The summed E-state index contributed by atoms with van der Waals surface area (Å²) < 4.78 is 0. The van der Waals surface area contributed by atoms with Crippen LogP contribution in [0.5, 0.6) is 0 Å². The van der Waals surface area contributed by atoms with E-state index in [9.17, 15) is 0 Å². The summed E-state index contributed by atoms with van der Waals surface area (Å²) in [5.74, 6) is 1.03. The molecule has 1 saturated heterocycles. The largest absolute Gasteiger partial charge is 0.314 e. The van der Waals surface area contributed by atoms with Crippen LogP contribution < -0.4 is 5.32 Å². The molecule has 4 heteroatoms. The highest BCUT2D eigenvalue weighted by Gasteiger charge is 2.34. The third kappa shape index (κ3) is 2.77. The van der Waals surface area contributed by atoms with Crippen LogP contribution in [-0.4, -0.2) is 37.6 Å². The number of hydrogen-bond acceptors (Lipinski definition) is 2. The molecule has 1 aliphatic carbocycles. The van der Waals surface area contributed by atoms with E-state index in [1.54, 1.807) is 0 Å². The minimum absolute atomic E-state index is 0. The monoisotopic (exact) mass is 212 g/mol. The molecule has 0 bridgehead atoms. The van der Waals surface area contributed by atoms with E-state index in [4.69, 9.17) is 0 Å². The van der Waals surface area contributed by atoms with Crippen molar-refractivity contribution in [3.63, 3.8) is 0 Å². The summed E-state index contributed by atoms with van der Waals surface area (Å²) in [6, 6.07) is 0.855. The number of halogens is 2. The number of piperazine rings is 1. The molecule has 1 aliphatic heterocycles. The number of hydrogen-bond donors (Lipinski definition) is 1. The zero-order valence-electron chi connectivity index (χ0n) is 7.45. The van der Waals surface area contributed by atoms with Crippen LogP contribution in [0.2, 0.25) is 0 Å². The van der Waals surface area contributed by atoms with Gasteiger partial charge in [-0.2, -0.15) is 0 Å². The molecule has 0 amide bonds. The van der Waals surface area contributed by atoms with Gasteiger partial charge in [-0.25, -0.2) is 0 Å². The molecule has 74 valence electrons. The molecule has 1 N–H and O–H groups in total. The minimum atomic E-state index is 0. The third-order valence-corrected chi connectivity index (χ3v) is 2.73. The Hall–Kier alpha value is 0.500. The Bertz CT molecular complexity index is 128. The van der Waals surface area contributed by atoms with Crippen molar-refractivity contribution in [3.8, 4) is 0 Å². The summed E-state index contributed by atoms with van der Waals surface area (Å²) in [6.45, 7) is 3.64. The quantitative estimate of drug-likeness (QED) is 0.702. The Morgan fingerprint density at radius 1 is 1.25 bits per heavy atom. The van der Waals surface area contributed by atoms with Crippen LogP contribution in [0, 0.1) is 5.92 Å². The van der Waals surface area contributed by atoms with Crippen molar-refractivity contribution < 1.29 is 0 Å². The summed E-state index contributed by atoms with van der Waals surface area (Å²) in [4.78, 5) is 2.51. The molecule has 0 aromatic rings. The van der Waals surface area contributed by atoms with Gasteiger partial charge in [0.1, 0.15) is 0 Å². The second-order valence-electron chi connectivity index (χ2n) is 3.59. The van der Waals surface area contributed by atoms with Gasteiger partial charge in [0.2, 0.25) is 0 Å². The van der Waals surface area contributed by atoms with E-state index in [2.05, 4.69) is 17.3 Å². The number of nitrogens with one attached hydrogen (secondary N) is 1. The fourth-order valence-electron chi connectivity index (χ4n) is 1.83. The molecule has 0 radical (unpaired) electrons. The van der Waals surface area contributed by atoms with Gasteiger partial charge in [-0.15, -0.1) is 24.8 Å². The third-order valence-electron chi connectivity index (χ3n) is 2.73. The highest BCUT2D eigenvalue weighted by Crippen LogP contribution is 2.35. The predicted octanol–water partition coefficient (Wildman–Crippen LogP) is 1.14. The lowest BCUT2D eigenvalue weighted by atomic mass is 10.1. The molecular weight excluding hydrogens is 195 g/mol. The van der Waals surface area contributed by atoms with Crippen molar-refractivity contribution in [3.05, 3.63) is 0 Å². The van der Waals surface area contributed by atoms with Crippen molar-refractivity contribution in [1.29, 1.82) is 0 Å².